The summed E-state index contributed by atoms with van der Waals surface area (Å²) in [4.78, 5) is 13.8. The molecular formula is C10H9NO3. The number of ether oxygens (including phenoxy) is 2. The number of aromatic nitrogens is 1. The Kier molecular flexibility index (Phi) is 2.10. The molecule has 0 amide bonds. The van der Waals surface area contributed by atoms with Gasteiger partial charge in [-0.2, -0.15) is 0 Å². The molecule has 0 fully saturated rings. The third kappa shape index (κ3) is 1.54. The normalized spacial score (nSPS) is 10.1. The number of aromatic amines is 1. The molecule has 0 saturated heterocycles. The molecule has 72 valence electrons. The van der Waals surface area contributed by atoms with Gasteiger partial charge in [0.05, 0.1) is 7.11 Å². The van der Waals surface area contributed by atoms with E-state index in [4.69, 9.17) is 4.74 Å². The number of hydrogen-bond acceptors (Lipinski definition) is 3. The minimum atomic E-state index is -0.712. The van der Waals surface area contributed by atoms with E-state index in [0.717, 1.165) is 10.9 Å². The van der Waals surface area contributed by atoms with Gasteiger partial charge in [0.15, 0.2) is 0 Å². The van der Waals surface area contributed by atoms with Crippen LogP contribution in [0.4, 0.5) is 4.79 Å². The zero-order valence-corrected chi connectivity index (χ0v) is 7.61. The number of rotatable bonds is 1. The topological polar surface area (TPSA) is 51.3 Å². The van der Waals surface area contributed by atoms with Crippen molar-refractivity contribution in [2.24, 2.45) is 0 Å². The van der Waals surface area contributed by atoms with Crippen LogP contribution in [0.15, 0.2) is 30.5 Å². The molecule has 1 N–H and O–H groups in total. The summed E-state index contributed by atoms with van der Waals surface area (Å²) >= 11 is 0. The molecule has 4 nitrogen and oxygen atoms in total. The lowest BCUT2D eigenvalue weighted by Crippen LogP contribution is -2.06. The third-order valence-electron chi connectivity index (χ3n) is 1.89. The molecule has 1 aromatic carbocycles. The van der Waals surface area contributed by atoms with Gasteiger partial charge in [-0.1, -0.05) is 0 Å². The highest BCUT2D eigenvalue weighted by Crippen LogP contribution is 2.19. The Bertz CT molecular complexity index is 461. The van der Waals surface area contributed by atoms with Crippen molar-refractivity contribution < 1.29 is 14.3 Å². The van der Waals surface area contributed by atoms with E-state index in [1.165, 1.54) is 7.11 Å². The standard InChI is InChI=1S/C10H9NO3/c1-13-10(12)14-8-3-2-7-4-5-11-9(7)6-8/h2-6,11H,1H3. The van der Waals surface area contributed by atoms with Gasteiger partial charge >= 0.3 is 6.16 Å². The molecule has 4 heteroatoms. The van der Waals surface area contributed by atoms with Crippen LogP contribution in [-0.2, 0) is 4.74 Å². The molecule has 1 aromatic heterocycles. The lowest BCUT2D eigenvalue weighted by molar-refractivity contribution is 0.121. The van der Waals surface area contributed by atoms with Crippen molar-refractivity contribution in [3.63, 3.8) is 0 Å². The SMILES string of the molecule is COC(=O)Oc1ccc2cc[nH]c2c1. The van der Waals surface area contributed by atoms with Crippen molar-refractivity contribution in [2.45, 2.75) is 0 Å². The lowest BCUT2D eigenvalue weighted by atomic mass is 10.2. The maximum Gasteiger partial charge on any atom is 0.513 e. The van der Waals surface area contributed by atoms with Crippen molar-refractivity contribution in [3.8, 4) is 5.75 Å². The van der Waals surface area contributed by atoms with Crippen molar-refractivity contribution in [1.29, 1.82) is 0 Å². The summed E-state index contributed by atoms with van der Waals surface area (Å²) in [5.74, 6) is 0.465. The van der Waals surface area contributed by atoms with Crippen molar-refractivity contribution in [3.05, 3.63) is 30.5 Å². The lowest BCUT2D eigenvalue weighted by Gasteiger charge is -2.01. The van der Waals surface area contributed by atoms with Gasteiger partial charge in [0.1, 0.15) is 5.75 Å². The van der Waals surface area contributed by atoms with Gasteiger partial charge in [-0.15, -0.1) is 0 Å². The number of carbonyl (C=O) groups excluding carboxylic acids is 1. The molecule has 14 heavy (non-hydrogen) atoms. The van der Waals surface area contributed by atoms with E-state index in [-0.39, 0.29) is 0 Å². The van der Waals surface area contributed by atoms with Gasteiger partial charge in [-0.3, -0.25) is 0 Å². The minimum absolute atomic E-state index is 0.465. The minimum Gasteiger partial charge on any atom is -0.437 e. The summed E-state index contributed by atoms with van der Waals surface area (Å²) < 4.78 is 9.24. The molecule has 0 aliphatic rings. The van der Waals surface area contributed by atoms with Crippen molar-refractivity contribution in [1.82, 2.24) is 4.98 Å². The third-order valence-corrected chi connectivity index (χ3v) is 1.89. The van der Waals surface area contributed by atoms with E-state index < -0.39 is 6.16 Å². The van der Waals surface area contributed by atoms with E-state index >= 15 is 0 Å². The predicted octanol–water partition coefficient (Wildman–Crippen LogP) is 2.31. The molecule has 0 aliphatic carbocycles. The van der Waals surface area contributed by atoms with Crippen LogP contribution in [0, 0.1) is 0 Å². The number of hydrogen-bond donors (Lipinski definition) is 1. The van der Waals surface area contributed by atoms with E-state index in [1.54, 1.807) is 12.1 Å². The average molecular weight is 191 g/mol. The largest absolute Gasteiger partial charge is 0.513 e. The Morgan fingerprint density at radius 2 is 2.21 bits per heavy atom. The molecule has 0 aliphatic heterocycles. The molecular weight excluding hydrogens is 182 g/mol. The highest BCUT2D eigenvalue weighted by molar-refractivity contribution is 5.81. The fourth-order valence-electron chi connectivity index (χ4n) is 1.23. The predicted molar refractivity (Wildman–Crippen MR) is 51.3 cm³/mol. The van der Waals surface area contributed by atoms with Crippen molar-refractivity contribution in [2.75, 3.05) is 7.11 Å². The van der Waals surface area contributed by atoms with Crippen LogP contribution in [0.25, 0.3) is 10.9 Å². The summed E-state index contributed by atoms with van der Waals surface area (Å²) in [5, 5.41) is 1.07. The zero-order chi connectivity index (χ0) is 9.97. The van der Waals surface area contributed by atoms with E-state index in [0.29, 0.717) is 5.75 Å². The second-order valence-corrected chi connectivity index (χ2v) is 2.78. The second-order valence-electron chi connectivity index (χ2n) is 2.78. The molecule has 2 rings (SSSR count). The second kappa shape index (κ2) is 3.41. The number of nitrogens with one attached hydrogen (secondary N) is 1. The highest BCUT2D eigenvalue weighted by Gasteiger charge is 2.04. The Morgan fingerprint density at radius 3 is 3.00 bits per heavy atom. The summed E-state index contributed by atoms with van der Waals surface area (Å²) in [6.45, 7) is 0. The first-order valence-corrected chi connectivity index (χ1v) is 4.12. The van der Waals surface area contributed by atoms with Gasteiger partial charge in [0, 0.05) is 17.8 Å². The van der Waals surface area contributed by atoms with Crippen LogP contribution >= 0.6 is 0 Å². The molecule has 0 radical (unpaired) electrons. The summed E-state index contributed by atoms with van der Waals surface area (Å²) in [7, 11) is 1.27. The Labute approximate surface area is 80.4 Å². The van der Waals surface area contributed by atoms with Crippen LogP contribution in [-0.4, -0.2) is 18.2 Å². The first-order valence-electron chi connectivity index (χ1n) is 4.12. The number of methoxy groups -OCH3 is 1. The first-order chi connectivity index (χ1) is 6.79. The van der Waals surface area contributed by atoms with E-state index in [1.807, 2.05) is 18.3 Å². The average Bonchev–Trinajstić information content (AvgIpc) is 2.64. The highest BCUT2D eigenvalue weighted by atomic mass is 16.7. The smallest absolute Gasteiger partial charge is 0.437 e. The van der Waals surface area contributed by atoms with Crippen LogP contribution in [0.3, 0.4) is 0 Å². The molecule has 0 atom stereocenters. The Hall–Kier alpha value is -1.97. The maximum absolute atomic E-state index is 10.8. The summed E-state index contributed by atoms with van der Waals surface area (Å²) in [6, 6.07) is 7.26. The Morgan fingerprint density at radius 1 is 1.36 bits per heavy atom. The fourth-order valence-corrected chi connectivity index (χ4v) is 1.23. The number of H-pyrrole nitrogens is 1. The van der Waals surface area contributed by atoms with Gasteiger partial charge in [0.25, 0.3) is 0 Å². The quantitative estimate of drug-likeness (QED) is 0.555. The number of benzene rings is 1. The van der Waals surface area contributed by atoms with Gasteiger partial charge < -0.3 is 14.5 Å². The number of carbonyl (C=O) groups is 1. The van der Waals surface area contributed by atoms with E-state index in [9.17, 15) is 4.79 Å². The molecule has 0 bridgehead atoms. The molecule has 0 saturated carbocycles. The van der Waals surface area contributed by atoms with Crippen LogP contribution in [0.2, 0.25) is 0 Å². The Balaban J connectivity index is 2.30. The summed E-state index contributed by atoms with van der Waals surface area (Å²) in [6.07, 6.45) is 1.11. The van der Waals surface area contributed by atoms with Gasteiger partial charge in [-0.25, -0.2) is 4.79 Å². The fraction of sp³-hybridized carbons (Fsp3) is 0.100. The molecule has 0 unspecified atom stereocenters. The van der Waals surface area contributed by atoms with E-state index in [2.05, 4.69) is 9.72 Å². The van der Waals surface area contributed by atoms with Crippen LogP contribution < -0.4 is 4.74 Å². The molecule has 0 spiro atoms. The molecule has 2 aromatic rings. The van der Waals surface area contributed by atoms with Crippen LogP contribution in [0.5, 0.6) is 5.75 Å². The first kappa shape index (κ1) is 8.62. The summed E-state index contributed by atoms with van der Waals surface area (Å²) in [5.41, 5.74) is 0.923. The van der Waals surface area contributed by atoms with Crippen molar-refractivity contribution >= 4 is 17.1 Å². The monoisotopic (exact) mass is 191 g/mol. The zero-order valence-electron chi connectivity index (χ0n) is 7.61. The number of fused-ring (bicyclic) bond motifs is 1. The van der Waals surface area contributed by atoms with Gasteiger partial charge in [0.2, 0.25) is 0 Å². The molecule has 1 heterocycles. The maximum atomic E-state index is 10.8. The van der Waals surface area contributed by atoms with Crippen LogP contribution in [0.1, 0.15) is 0 Å². The van der Waals surface area contributed by atoms with Gasteiger partial charge in [-0.05, 0) is 23.6 Å².